The zero-order valence-electron chi connectivity index (χ0n) is 15.9. The molecule has 3 rings (SSSR count). The third-order valence-electron chi connectivity index (χ3n) is 4.58. The molecule has 144 valence electrons. The van der Waals surface area contributed by atoms with E-state index in [0.717, 1.165) is 28.7 Å². The van der Waals surface area contributed by atoms with Gasteiger partial charge in [-0.25, -0.2) is 0 Å². The van der Waals surface area contributed by atoms with Crippen molar-refractivity contribution < 1.29 is 14.4 Å². The summed E-state index contributed by atoms with van der Waals surface area (Å²) in [5, 5.41) is -0.310. The Morgan fingerprint density at radius 2 is 1.89 bits per heavy atom. The van der Waals surface area contributed by atoms with Crippen LogP contribution in [0.15, 0.2) is 54.0 Å². The standard InChI is InChI=1S/C21H21N3O3S/c1-5-13(2)23-20(26)18(28-21(23)27)12-17-11-14(3)24(15(17)4)22-19(25)16-9-7-6-8-10-16/h5-13H,1H2,2-4H3,(H,22,25)/b18-12-/t13-/m1/s1. The Morgan fingerprint density at radius 3 is 2.54 bits per heavy atom. The molecule has 0 spiro atoms. The predicted molar refractivity (Wildman–Crippen MR) is 112 cm³/mol. The average molecular weight is 395 g/mol. The molecule has 0 bridgehead atoms. The highest BCUT2D eigenvalue weighted by Gasteiger charge is 2.37. The zero-order chi connectivity index (χ0) is 20.4. The highest BCUT2D eigenvalue weighted by atomic mass is 32.2. The van der Waals surface area contributed by atoms with Crippen LogP contribution in [0.5, 0.6) is 0 Å². The van der Waals surface area contributed by atoms with Gasteiger partial charge >= 0.3 is 0 Å². The molecular formula is C21H21N3O3S. The summed E-state index contributed by atoms with van der Waals surface area (Å²) in [5.41, 5.74) is 5.76. The van der Waals surface area contributed by atoms with Crippen LogP contribution in [-0.4, -0.2) is 32.7 Å². The number of thioether (sulfide) groups is 1. The van der Waals surface area contributed by atoms with Gasteiger partial charge in [-0.3, -0.25) is 29.4 Å². The Bertz CT molecular complexity index is 992. The van der Waals surface area contributed by atoms with Gasteiger partial charge < -0.3 is 0 Å². The van der Waals surface area contributed by atoms with Gasteiger partial charge in [0.05, 0.1) is 10.9 Å². The van der Waals surface area contributed by atoms with Crippen LogP contribution in [0, 0.1) is 13.8 Å². The number of benzene rings is 1. The number of imide groups is 1. The van der Waals surface area contributed by atoms with Gasteiger partial charge in [0.25, 0.3) is 17.1 Å². The fourth-order valence-corrected chi connectivity index (χ4v) is 3.85. The van der Waals surface area contributed by atoms with Crippen LogP contribution in [0.3, 0.4) is 0 Å². The molecule has 0 aliphatic carbocycles. The molecule has 0 radical (unpaired) electrons. The van der Waals surface area contributed by atoms with E-state index in [0.29, 0.717) is 10.5 Å². The number of carbonyl (C=O) groups is 3. The predicted octanol–water partition coefficient (Wildman–Crippen LogP) is 4.10. The number of nitrogens with zero attached hydrogens (tertiary/aromatic N) is 2. The molecule has 6 nitrogen and oxygen atoms in total. The Balaban J connectivity index is 1.87. The van der Waals surface area contributed by atoms with Crippen LogP contribution in [0.2, 0.25) is 0 Å². The number of amides is 3. The molecule has 1 atom stereocenters. The molecular weight excluding hydrogens is 374 g/mol. The van der Waals surface area contributed by atoms with Gasteiger partial charge in [0.1, 0.15) is 0 Å². The van der Waals surface area contributed by atoms with Crippen molar-refractivity contribution in [1.29, 1.82) is 0 Å². The van der Waals surface area contributed by atoms with E-state index in [2.05, 4.69) is 12.0 Å². The van der Waals surface area contributed by atoms with E-state index in [4.69, 9.17) is 0 Å². The maximum absolute atomic E-state index is 12.6. The van der Waals surface area contributed by atoms with Gasteiger partial charge in [-0.15, -0.1) is 6.58 Å². The Kier molecular flexibility index (Phi) is 5.56. The first-order chi connectivity index (χ1) is 13.3. The average Bonchev–Trinajstić information content (AvgIpc) is 3.11. The van der Waals surface area contributed by atoms with Crippen molar-refractivity contribution >= 4 is 34.9 Å². The maximum Gasteiger partial charge on any atom is 0.294 e. The summed E-state index contributed by atoms with van der Waals surface area (Å²) in [7, 11) is 0. The van der Waals surface area contributed by atoms with E-state index in [9.17, 15) is 14.4 Å². The van der Waals surface area contributed by atoms with Crippen molar-refractivity contribution in [2.45, 2.75) is 26.8 Å². The van der Waals surface area contributed by atoms with Gasteiger partial charge in [0.2, 0.25) is 0 Å². The summed E-state index contributed by atoms with van der Waals surface area (Å²) < 4.78 is 1.68. The number of rotatable bonds is 5. The van der Waals surface area contributed by atoms with Crippen LogP contribution in [0.1, 0.15) is 34.2 Å². The number of aryl methyl sites for hydroxylation is 1. The normalized spacial score (nSPS) is 16.5. The number of hydrogen-bond donors (Lipinski definition) is 1. The molecule has 2 heterocycles. The molecule has 3 amide bonds. The van der Waals surface area contributed by atoms with Crippen molar-refractivity contribution in [3.05, 3.63) is 76.5 Å². The lowest BCUT2D eigenvalue weighted by atomic mass is 10.2. The first-order valence-corrected chi connectivity index (χ1v) is 9.60. The largest absolute Gasteiger partial charge is 0.294 e. The van der Waals surface area contributed by atoms with E-state index in [1.165, 1.54) is 4.90 Å². The molecule has 1 aromatic heterocycles. The van der Waals surface area contributed by atoms with Crippen molar-refractivity contribution in [3.63, 3.8) is 0 Å². The minimum atomic E-state index is -0.365. The van der Waals surface area contributed by atoms with E-state index in [1.807, 2.05) is 26.0 Å². The lowest BCUT2D eigenvalue weighted by Crippen LogP contribution is -2.35. The third kappa shape index (κ3) is 3.66. The quantitative estimate of drug-likeness (QED) is 0.611. The zero-order valence-corrected chi connectivity index (χ0v) is 16.7. The van der Waals surface area contributed by atoms with E-state index in [-0.39, 0.29) is 23.1 Å². The second-order valence-electron chi connectivity index (χ2n) is 6.50. The summed E-state index contributed by atoms with van der Waals surface area (Å²) >= 11 is 0.909. The number of carbonyl (C=O) groups excluding carboxylic acids is 3. The van der Waals surface area contributed by atoms with Gasteiger partial charge in [0, 0.05) is 17.0 Å². The monoisotopic (exact) mass is 395 g/mol. The minimum Gasteiger partial charge on any atom is -0.268 e. The van der Waals surface area contributed by atoms with Crippen molar-refractivity contribution in [3.8, 4) is 0 Å². The van der Waals surface area contributed by atoms with Crippen LogP contribution >= 0.6 is 11.8 Å². The summed E-state index contributed by atoms with van der Waals surface area (Å²) in [5.74, 6) is -0.561. The van der Waals surface area contributed by atoms with Gasteiger partial charge in [0.15, 0.2) is 0 Å². The molecule has 1 aromatic carbocycles. The second kappa shape index (κ2) is 7.90. The lowest BCUT2D eigenvalue weighted by molar-refractivity contribution is -0.123. The van der Waals surface area contributed by atoms with Crippen LogP contribution in [0.25, 0.3) is 6.08 Å². The van der Waals surface area contributed by atoms with Crippen LogP contribution in [0.4, 0.5) is 4.79 Å². The van der Waals surface area contributed by atoms with E-state index >= 15 is 0 Å². The van der Waals surface area contributed by atoms with Crippen molar-refractivity contribution in [2.24, 2.45) is 0 Å². The third-order valence-corrected chi connectivity index (χ3v) is 5.46. The number of aromatic nitrogens is 1. The lowest BCUT2D eigenvalue weighted by Gasteiger charge is -2.17. The van der Waals surface area contributed by atoms with Crippen molar-refractivity contribution in [2.75, 3.05) is 5.43 Å². The van der Waals surface area contributed by atoms with Crippen LogP contribution in [-0.2, 0) is 4.79 Å². The molecule has 0 unspecified atom stereocenters. The van der Waals surface area contributed by atoms with E-state index in [1.54, 1.807) is 48.0 Å². The Hall–Kier alpha value is -3.06. The molecule has 2 aromatic rings. The maximum atomic E-state index is 12.6. The topological polar surface area (TPSA) is 71.4 Å². The molecule has 1 N–H and O–H groups in total. The van der Waals surface area contributed by atoms with Gasteiger partial charge in [-0.1, -0.05) is 24.3 Å². The fourth-order valence-electron chi connectivity index (χ4n) is 2.94. The summed E-state index contributed by atoms with van der Waals surface area (Å²) in [4.78, 5) is 38.7. The highest BCUT2D eigenvalue weighted by Crippen LogP contribution is 2.34. The van der Waals surface area contributed by atoms with Gasteiger partial charge in [-0.05, 0) is 62.4 Å². The molecule has 1 fully saturated rings. The summed E-state index contributed by atoms with van der Waals surface area (Å²) in [6.45, 7) is 9.10. The summed E-state index contributed by atoms with van der Waals surface area (Å²) in [6, 6.07) is 10.4. The molecule has 1 saturated heterocycles. The first kappa shape index (κ1) is 19.7. The first-order valence-electron chi connectivity index (χ1n) is 8.78. The molecule has 1 aliphatic rings. The number of hydrogen-bond acceptors (Lipinski definition) is 4. The fraction of sp³-hybridized carbons (Fsp3) is 0.190. The van der Waals surface area contributed by atoms with E-state index < -0.39 is 0 Å². The number of nitrogens with one attached hydrogen (secondary N) is 1. The van der Waals surface area contributed by atoms with Crippen LogP contribution < -0.4 is 5.43 Å². The minimum absolute atomic E-state index is 0.228. The molecule has 28 heavy (non-hydrogen) atoms. The van der Waals surface area contributed by atoms with Gasteiger partial charge in [-0.2, -0.15) is 0 Å². The molecule has 0 saturated carbocycles. The molecule has 7 heteroatoms. The highest BCUT2D eigenvalue weighted by molar-refractivity contribution is 8.18. The smallest absolute Gasteiger partial charge is 0.268 e. The second-order valence-corrected chi connectivity index (χ2v) is 7.49. The molecule has 1 aliphatic heterocycles. The Labute approximate surface area is 167 Å². The summed E-state index contributed by atoms with van der Waals surface area (Å²) in [6.07, 6.45) is 3.25. The SMILES string of the molecule is C=C[C@@H](C)N1C(=O)S/C(=C\c2cc(C)n(NC(=O)c3ccccc3)c2C)C1=O. The Morgan fingerprint density at radius 1 is 1.21 bits per heavy atom. The van der Waals surface area contributed by atoms with Crippen molar-refractivity contribution in [1.82, 2.24) is 9.58 Å².